The molecule has 4 saturated carbocycles. The topological polar surface area (TPSA) is 72.9 Å². The Kier molecular flexibility index (Phi) is 3.96. The number of anilines is 1. The van der Waals surface area contributed by atoms with Gasteiger partial charge in [-0.1, -0.05) is 20.7 Å². The third-order valence-corrected chi connectivity index (χ3v) is 10.1. The SMILES string of the molecule is O=C1OC2(OC(=O)C1=Ic1ccc(N3CCC3=O)cc1)C1CC3CC(C1)CC2C3. The molecule has 152 valence electrons. The Bertz CT molecular complexity index is 902. The third-order valence-electron chi connectivity index (χ3n) is 7.33. The van der Waals surface area contributed by atoms with Crippen LogP contribution in [0.25, 0.3) is 0 Å². The minimum atomic E-state index is -1.00. The summed E-state index contributed by atoms with van der Waals surface area (Å²) < 4.78 is 13.0. The van der Waals surface area contributed by atoms with Gasteiger partial charge in [-0.15, -0.1) is 0 Å². The lowest BCUT2D eigenvalue weighted by Gasteiger charge is -2.59. The van der Waals surface area contributed by atoms with Crippen LogP contribution in [0.1, 0.15) is 38.5 Å². The van der Waals surface area contributed by atoms with E-state index in [4.69, 9.17) is 9.47 Å². The van der Waals surface area contributed by atoms with Crippen LogP contribution in [0.5, 0.6) is 0 Å². The van der Waals surface area contributed by atoms with Gasteiger partial charge in [0.05, 0.1) is 0 Å². The van der Waals surface area contributed by atoms with Crippen LogP contribution < -0.4 is 4.90 Å². The summed E-state index contributed by atoms with van der Waals surface area (Å²) in [5.41, 5.74) is 0.861. The lowest BCUT2D eigenvalue weighted by atomic mass is 9.53. The van der Waals surface area contributed by atoms with Crippen LogP contribution in [0.3, 0.4) is 0 Å². The smallest absolute Gasteiger partial charge is 0.354 e. The highest BCUT2D eigenvalue weighted by Crippen LogP contribution is 2.60. The monoisotopic (exact) mass is 507 g/mol. The molecule has 4 bridgehead atoms. The molecule has 0 unspecified atom stereocenters. The van der Waals surface area contributed by atoms with Crippen LogP contribution in [0, 0.1) is 27.2 Å². The normalized spacial score (nSPS) is 37.6. The number of hydrogen-bond acceptors (Lipinski definition) is 5. The molecule has 6 fully saturated rings. The number of amides is 1. The first-order chi connectivity index (χ1) is 14.0. The summed E-state index contributed by atoms with van der Waals surface area (Å²) in [6, 6.07) is 7.56. The number of rotatable bonds is 2. The van der Waals surface area contributed by atoms with Crippen LogP contribution in [0.2, 0.25) is 0 Å². The number of benzene rings is 1. The van der Waals surface area contributed by atoms with Gasteiger partial charge in [-0.3, -0.25) is 4.79 Å². The molecule has 7 heteroatoms. The van der Waals surface area contributed by atoms with Crippen LogP contribution >= 0.6 is 20.7 Å². The number of nitrogens with zero attached hydrogens (tertiary/aromatic N) is 1. The fraction of sp³-hybridized carbons (Fsp3) is 0.545. The summed E-state index contributed by atoms with van der Waals surface area (Å²) in [5.74, 6) is -0.0738. The highest BCUT2D eigenvalue weighted by molar-refractivity contribution is 14.2. The van der Waals surface area contributed by atoms with E-state index >= 15 is 0 Å². The van der Waals surface area contributed by atoms with Gasteiger partial charge in [0.1, 0.15) is 0 Å². The van der Waals surface area contributed by atoms with Gasteiger partial charge < -0.3 is 14.4 Å². The van der Waals surface area contributed by atoms with Gasteiger partial charge in [0, 0.05) is 34.1 Å². The van der Waals surface area contributed by atoms with Crippen molar-refractivity contribution in [3.05, 3.63) is 27.8 Å². The van der Waals surface area contributed by atoms with E-state index < -0.39 is 38.5 Å². The molecule has 2 saturated heterocycles. The van der Waals surface area contributed by atoms with Gasteiger partial charge in [0.25, 0.3) is 5.79 Å². The Balaban J connectivity index is 1.24. The van der Waals surface area contributed by atoms with E-state index in [1.54, 1.807) is 4.90 Å². The van der Waals surface area contributed by atoms with Crippen molar-refractivity contribution in [3.8, 4) is 0 Å². The van der Waals surface area contributed by atoms with E-state index in [0.717, 1.165) is 41.5 Å². The van der Waals surface area contributed by atoms with Gasteiger partial charge in [0.15, 0.2) is 3.51 Å². The van der Waals surface area contributed by atoms with Crippen molar-refractivity contribution >= 4 is 47.8 Å². The first-order valence-electron chi connectivity index (χ1n) is 10.4. The van der Waals surface area contributed by atoms with Crippen LogP contribution in [-0.2, 0) is 23.9 Å². The van der Waals surface area contributed by atoms with Crippen LogP contribution in [0.4, 0.5) is 5.69 Å². The zero-order valence-electron chi connectivity index (χ0n) is 15.9. The lowest BCUT2D eigenvalue weighted by Crippen LogP contribution is -2.65. The predicted octanol–water partition coefficient (Wildman–Crippen LogP) is 2.99. The predicted molar refractivity (Wildman–Crippen MR) is 113 cm³/mol. The number of esters is 2. The van der Waals surface area contributed by atoms with E-state index in [-0.39, 0.29) is 21.3 Å². The van der Waals surface area contributed by atoms with Gasteiger partial charge in [-0.05, 0) is 68.2 Å². The molecule has 2 aliphatic heterocycles. The molecule has 7 rings (SSSR count). The van der Waals surface area contributed by atoms with Crippen molar-refractivity contribution in [1.82, 2.24) is 0 Å². The van der Waals surface area contributed by atoms with E-state index in [1.165, 1.54) is 6.42 Å². The fourth-order valence-electron chi connectivity index (χ4n) is 6.12. The average molecular weight is 507 g/mol. The van der Waals surface area contributed by atoms with E-state index in [2.05, 4.69) is 0 Å². The zero-order chi connectivity index (χ0) is 19.8. The summed E-state index contributed by atoms with van der Waals surface area (Å²) in [6.07, 6.45) is 5.91. The molecule has 1 aromatic carbocycles. The molecule has 0 aromatic heterocycles. The fourth-order valence-corrected chi connectivity index (χ4v) is 8.12. The van der Waals surface area contributed by atoms with E-state index in [9.17, 15) is 14.4 Å². The summed E-state index contributed by atoms with van der Waals surface area (Å²) in [5, 5.41) is 0. The molecule has 6 nitrogen and oxygen atoms in total. The van der Waals surface area contributed by atoms with Crippen LogP contribution in [-0.4, -0.2) is 33.7 Å². The maximum Gasteiger partial charge on any atom is 0.354 e. The molecule has 0 atom stereocenters. The summed E-state index contributed by atoms with van der Waals surface area (Å²) in [4.78, 5) is 39.1. The van der Waals surface area contributed by atoms with Crippen molar-refractivity contribution in [2.24, 2.45) is 23.7 Å². The second-order valence-electron chi connectivity index (χ2n) is 8.99. The van der Waals surface area contributed by atoms with Gasteiger partial charge in [0.2, 0.25) is 5.91 Å². The molecule has 6 aliphatic rings. The number of β-lactam (4-membered cyclic amide) rings is 1. The van der Waals surface area contributed by atoms with Crippen molar-refractivity contribution in [1.29, 1.82) is 0 Å². The molecule has 1 spiro atoms. The van der Waals surface area contributed by atoms with Gasteiger partial charge in [-0.2, -0.15) is 0 Å². The molecule has 0 N–H and O–H groups in total. The van der Waals surface area contributed by atoms with Crippen LogP contribution in [0.15, 0.2) is 24.3 Å². The minimum Gasteiger partial charge on any atom is -0.418 e. The molecule has 1 aromatic rings. The Hall–Kier alpha value is -1.77. The first kappa shape index (κ1) is 18.0. The first-order valence-corrected chi connectivity index (χ1v) is 12.6. The Morgan fingerprint density at radius 1 is 0.862 bits per heavy atom. The Morgan fingerprint density at radius 3 is 1.93 bits per heavy atom. The maximum atomic E-state index is 12.9. The highest BCUT2D eigenvalue weighted by atomic mass is 127. The molecule has 1 amide bonds. The minimum absolute atomic E-state index is 0.127. The Labute approximate surface area is 178 Å². The van der Waals surface area contributed by atoms with Gasteiger partial charge in [-0.25, -0.2) is 9.59 Å². The molecular formula is C22H22INO5. The van der Waals surface area contributed by atoms with Crippen molar-refractivity contribution in [3.63, 3.8) is 0 Å². The number of hydrogen-bond donors (Lipinski definition) is 0. The third kappa shape index (κ3) is 2.72. The zero-order valence-corrected chi connectivity index (χ0v) is 18.1. The Morgan fingerprint density at radius 2 is 1.45 bits per heavy atom. The molecule has 4 aliphatic carbocycles. The molecule has 29 heavy (non-hydrogen) atoms. The van der Waals surface area contributed by atoms with Crippen molar-refractivity contribution < 1.29 is 23.9 Å². The number of carbonyl (C=O) groups excluding carboxylic acids is 3. The second kappa shape index (κ2) is 6.36. The molecule has 0 radical (unpaired) electrons. The van der Waals surface area contributed by atoms with Gasteiger partial charge >= 0.3 is 11.9 Å². The van der Waals surface area contributed by atoms with E-state index in [0.29, 0.717) is 18.3 Å². The number of halogens is 1. The number of ether oxygens (including phenoxy) is 2. The second-order valence-corrected chi connectivity index (χ2v) is 11.8. The molecule has 2 heterocycles. The van der Waals surface area contributed by atoms with E-state index in [1.807, 2.05) is 24.3 Å². The summed E-state index contributed by atoms with van der Waals surface area (Å²) in [7, 11) is 0. The number of carbonyl (C=O) groups is 3. The lowest BCUT2D eigenvalue weighted by molar-refractivity contribution is -0.308. The van der Waals surface area contributed by atoms with Crippen molar-refractivity contribution in [2.75, 3.05) is 11.4 Å². The highest BCUT2D eigenvalue weighted by Gasteiger charge is 2.64. The summed E-state index contributed by atoms with van der Waals surface area (Å²) >= 11 is -0.996. The maximum absolute atomic E-state index is 12.9. The summed E-state index contributed by atoms with van der Waals surface area (Å²) in [6.45, 7) is 0.745. The molecular weight excluding hydrogens is 485 g/mol. The quantitative estimate of drug-likeness (QED) is 0.350. The largest absolute Gasteiger partial charge is 0.418 e. The standard InChI is InChI=1S/C22H22INO5/c25-18-5-6-24(18)17-3-1-16(2-4-17)23-19-20(26)28-22(29-21(19)27)14-8-12-7-13(10-14)11-15(22)9-12/h1-4,12-15H,5-11H2. The van der Waals surface area contributed by atoms with Crippen molar-refractivity contribution in [2.45, 2.75) is 44.3 Å². The average Bonchev–Trinajstić information content (AvgIpc) is 2.68.